The molecule has 2 aromatic rings. The Morgan fingerprint density at radius 3 is 2.65 bits per heavy atom. The molecule has 7 nitrogen and oxygen atoms in total. The number of carbonyl (C=O) groups is 2. The lowest BCUT2D eigenvalue weighted by Gasteiger charge is -2.40. The number of pyridine rings is 1. The van der Waals surface area contributed by atoms with E-state index < -0.39 is 5.60 Å². The van der Waals surface area contributed by atoms with Gasteiger partial charge in [-0.15, -0.1) is 0 Å². The fourth-order valence-electron chi connectivity index (χ4n) is 3.86. The molecule has 2 heterocycles. The number of likely N-dealkylation sites (N-methyl/N-ethyl adjacent to an activating group) is 1. The standard InChI is InChI=1S/C23H29ClN4O3/c1-6-17(25-5)20(29)26-19-11-10-18-21(27-19)31-23(4,13-14(2)3)22(30)28(18)16-9-7-8-15(24)12-16/h7-12,14,17,25H,6,13H2,1-5H3,(H,26,27,29)/t17-,23-/m0/s1. The molecule has 0 unspecified atom stereocenters. The molecular formula is C23H29ClN4O3. The Bertz CT molecular complexity index is 977. The summed E-state index contributed by atoms with van der Waals surface area (Å²) in [5.74, 6) is 0.514. The third kappa shape index (κ3) is 4.83. The van der Waals surface area contributed by atoms with Gasteiger partial charge in [0.2, 0.25) is 11.8 Å². The first-order chi connectivity index (χ1) is 14.7. The van der Waals surface area contributed by atoms with Gasteiger partial charge in [-0.2, -0.15) is 4.98 Å². The number of nitrogens with zero attached hydrogens (tertiary/aromatic N) is 2. The molecule has 2 amide bonds. The van der Waals surface area contributed by atoms with Crippen LogP contribution in [0.2, 0.25) is 5.02 Å². The number of benzene rings is 1. The Balaban J connectivity index is 2.05. The molecule has 1 aliphatic rings. The molecule has 31 heavy (non-hydrogen) atoms. The first kappa shape index (κ1) is 23.0. The van der Waals surface area contributed by atoms with Crippen molar-refractivity contribution in [2.24, 2.45) is 5.92 Å². The van der Waals surface area contributed by atoms with Crippen LogP contribution in [0.1, 0.15) is 40.5 Å². The molecule has 3 rings (SSSR count). The van der Waals surface area contributed by atoms with Gasteiger partial charge < -0.3 is 15.4 Å². The van der Waals surface area contributed by atoms with Crippen molar-refractivity contribution in [2.45, 2.75) is 52.2 Å². The third-order valence-corrected chi connectivity index (χ3v) is 5.48. The average Bonchev–Trinajstić information content (AvgIpc) is 2.69. The number of halogens is 1. The van der Waals surface area contributed by atoms with Gasteiger partial charge in [0, 0.05) is 5.02 Å². The number of aromatic nitrogens is 1. The molecule has 0 spiro atoms. The fraction of sp³-hybridized carbons (Fsp3) is 0.435. The van der Waals surface area contributed by atoms with Crippen LogP contribution in [0.15, 0.2) is 36.4 Å². The summed E-state index contributed by atoms with van der Waals surface area (Å²) >= 11 is 6.20. The quantitative estimate of drug-likeness (QED) is 0.655. The fourth-order valence-corrected chi connectivity index (χ4v) is 4.05. The first-order valence-corrected chi connectivity index (χ1v) is 10.8. The van der Waals surface area contributed by atoms with Gasteiger partial charge in [-0.25, -0.2) is 0 Å². The second-order valence-electron chi connectivity index (χ2n) is 8.31. The highest BCUT2D eigenvalue weighted by atomic mass is 35.5. The number of amides is 2. The van der Waals surface area contributed by atoms with Gasteiger partial charge in [-0.1, -0.05) is 38.4 Å². The highest BCUT2D eigenvalue weighted by Gasteiger charge is 2.46. The number of hydrogen-bond donors (Lipinski definition) is 2. The lowest BCUT2D eigenvalue weighted by Crippen LogP contribution is -2.53. The summed E-state index contributed by atoms with van der Waals surface area (Å²) in [5.41, 5.74) is 0.0414. The summed E-state index contributed by atoms with van der Waals surface area (Å²) in [4.78, 5) is 32.1. The molecule has 1 aromatic heterocycles. The minimum absolute atomic E-state index is 0.180. The van der Waals surface area contributed by atoms with Crippen molar-refractivity contribution in [2.75, 3.05) is 17.3 Å². The molecule has 8 heteroatoms. The minimum atomic E-state index is -1.10. The molecule has 0 radical (unpaired) electrons. The third-order valence-electron chi connectivity index (χ3n) is 5.25. The average molecular weight is 445 g/mol. The number of carbonyl (C=O) groups excluding carboxylic acids is 2. The van der Waals surface area contributed by atoms with E-state index in [0.717, 1.165) is 0 Å². The molecule has 0 saturated heterocycles. The normalized spacial score (nSPS) is 19.1. The van der Waals surface area contributed by atoms with E-state index in [1.54, 1.807) is 49.2 Å². The van der Waals surface area contributed by atoms with E-state index in [-0.39, 0.29) is 29.7 Å². The summed E-state index contributed by atoms with van der Waals surface area (Å²) in [6.45, 7) is 7.77. The number of nitrogens with one attached hydrogen (secondary N) is 2. The van der Waals surface area contributed by atoms with E-state index in [4.69, 9.17) is 16.3 Å². The van der Waals surface area contributed by atoms with E-state index in [1.807, 2.05) is 26.8 Å². The van der Waals surface area contributed by atoms with E-state index >= 15 is 0 Å². The van der Waals surface area contributed by atoms with Gasteiger partial charge in [0.1, 0.15) is 11.5 Å². The van der Waals surface area contributed by atoms with Crippen molar-refractivity contribution in [3.8, 4) is 5.88 Å². The first-order valence-electron chi connectivity index (χ1n) is 10.5. The van der Waals surface area contributed by atoms with Crippen LogP contribution in [0.25, 0.3) is 0 Å². The summed E-state index contributed by atoms with van der Waals surface area (Å²) in [5, 5.41) is 6.32. The molecule has 0 bridgehead atoms. The Morgan fingerprint density at radius 2 is 2.03 bits per heavy atom. The van der Waals surface area contributed by atoms with Gasteiger partial charge >= 0.3 is 0 Å². The zero-order valence-electron chi connectivity index (χ0n) is 18.5. The van der Waals surface area contributed by atoms with Crippen molar-refractivity contribution in [3.05, 3.63) is 41.4 Å². The van der Waals surface area contributed by atoms with Crippen LogP contribution in [0.3, 0.4) is 0 Å². The maximum Gasteiger partial charge on any atom is 0.275 e. The van der Waals surface area contributed by atoms with Crippen molar-refractivity contribution in [1.82, 2.24) is 10.3 Å². The highest BCUT2D eigenvalue weighted by molar-refractivity contribution is 6.31. The zero-order valence-corrected chi connectivity index (χ0v) is 19.3. The van der Waals surface area contributed by atoms with Crippen molar-refractivity contribution in [3.63, 3.8) is 0 Å². The topological polar surface area (TPSA) is 83.6 Å². The van der Waals surface area contributed by atoms with Crippen LogP contribution in [-0.2, 0) is 9.59 Å². The Hall–Kier alpha value is -2.64. The van der Waals surface area contributed by atoms with Crippen LogP contribution in [-0.4, -0.2) is 35.5 Å². The summed E-state index contributed by atoms with van der Waals surface area (Å²) in [6, 6.07) is 10.2. The molecular weight excluding hydrogens is 416 g/mol. The SMILES string of the molecule is CC[C@H](NC)C(=O)Nc1ccc2c(n1)O[C@@](C)(CC(C)C)C(=O)N2c1cccc(Cl)c1. The van der Waals surface area contributed by atoms with E-state index in [2.05, 4.69) is 15.6 Å². The summed E-state index contributed by atoms with van der Waals surface area (Å²) in [7, 11) is 1.74. The maximum absolute atomic E-state index is 13.5. The Labute approximate surface area is 188 Å². The predicted molar refractivity (Wildman–Crippen MR) is 123 cm³/mol. The van der Waals surface area contributed by atoms with Gasteiger partial charge in [-0.3, -0.25) is 14.5 Å². The van der Waals surface area contributed by atoms with Crippen LogP contribution >= 0.6 is 11.6 Å². The lowest BCUT2D eigenvalue weighted by molar-refractivity contribution is -0.134. The smallest absolute Gasteiger partial charge is 0.275 e. The highest BCUT2D eigenvalue weighted by Crippen LogP contribution is 2.43. The van der Waals surface area contributed by atoms with Gasteiger partial charge in [0.15, 0.2) is 5.60 Å². The van der Waals surface area contributed by atoms with Crippen LogP contribution in [0.5, 0.6) is 5.88 Å². The Kier molecular flexibility index (Phi) is 6.86. The zero-order chi connectivity index (χ0) is 22.8. The number of ether oxygens (including phenoxy) is 1. The maximum atomic E-state index is 13.5. The minimum Gasteiger partial charge on any atom is -0.460 e. The molecule has 1 aliphatic heterocycles. The second kappa shape index (κ2) is 9.24. The summed E-state index contributed by atoms with van der Waals surface area (Å²) in [6.07, 6.45) is 1.16. The monoisotopic (exact) mass is 444 g/mol. The molecule has 166 valence electrons. The molecule has 0 saturated carbocycles. The van der Waals surface area contributed by atoms with Crippen LogP contribution in [0, 0.1) is 5.92 Å². The van der Waals surface area contributed by atoms with E-state index in [9.17, 15) is 9.59 Å². The van der Waals surface area contributed by atoms with Gasteiger partial charge in [-0.05, 0) is 63.1 Å². The number of rotatable bonds is 7. The Morgan fingerprint density at radius 1 is 1.29 bits per heavy atom. The number of hydrogen-bond acceptors (Lipinski definition) is 5. The van der Waals surface area contributed by atoms with Crippen molar-refractivity contribution in [1.29, 1.82) is 0 Å². The molecule has 1 aromatic carbocycles. The van der Waals surface area contributed by atoms with Gasteiger partial charge in [0.25, 0.3) is 5.91 Å². The van der Waals surface area contributed by atoms with E-state index in [1.165, 1.54) is 0 Å². The summed E-state index contributed by atoms with van der Waals surface area (Å²) < 4.78 is 6.16. The van der Waals surface area contributed by atoms with Crippen molar-refractivity contribution >= 4 is 40.6 Å². The molecule has 0 aliphatic carbocycles. The molecule has 2 N–H and O–H groups in total. The molecule has 0 fully saturated rings. The van der Waals surface area contributed by atoms with E-state index in [0.29, 0.717) is 35.1 Å². The second-order valence-corrected chi connectivity index (χ2v) is 8.75. The largest absolute Gasteiger partial charge is 0.460 e. The predicted octanol–water partition coefficient (Wildman–Crippen LogP) is 4.53. The van der Waals surface area contributed by atoms with Crippen LogP contribution in [0.4, 0.5) is 17.2 Å². The van der Waals surface area contributed by atoms with Crippen LogP contribution < -0.4 is 20.3 Å². The lowest BCUT2D eigenvalue weighted by atomic mass is 9.91. The van der Waals surface area contributed by atoms with Gasteiger partial charge in [0.05, 0.1) is 11.7 Å². The number of anilines is 3. The molecule has 2 atom stereocenters. The number of fused-ring (bicyclic) bond motifs is 1. The van der Waals surface area contributed by atoms with Crippen molar-refractivity contribution < 1.29 is 14.3 Å².